The number of aliphatic hydroxyl groups excluding tert-OH is 1. The number of hydrogen-bond donors (Lipinski definition) is 1. The van der Waals surface area contributed by atoms with Crippen molar-refractivity contribution in [3.8, 4) is 5.75 Å². The lowest BCUT2D eigenvalue weighted by Crippen LogP contribution is -2.03. The fraction of sp³-hybridized carbons (Fsp3) is 0.167. The number of halogens is 3. The van der Waals surface area contributed by atoms with Gasteiger partial charge in [0.1, 0.15) is 10.4 Å². The third kappa shape index (κ3) is 2.47. The average molecular weight is 307 g/mol. The first kappa shape index (κ1) is 13.6. The van der Waals surface area contributed by atoms with Crippen molar-refractivity contribution in [1.82, 2.24) is 0 Å². The minimum absolute atomic E-state index is 0.0731. The molecule has 0 fully saturated rings. The van der Waals surface area contributed by atoms with E-state index in [1.807, 2.05) is 0 Å². The molecule has 0 bridgehead atoms. The van der Waals surface area contributed by atoms with Crippen molar-refractivity contribution in [3.63, 3.8) is 0 Å². The van der Waals surface area contributed by atoms with Crippen molar-refractivity contribution >= 4 is 34.5 Å². The van der Waals surface area contributed by atoms with E-state index in [4.69, 9.17) is 27.9 Å². The number of hydrogen-bond acceptors (Lipinski definition) is 3. The molecule has 2 aromatic rings. The Morgan fingerprint density at radius 1 is 1.33 bits per heavy atom. The fourth-order valence-electron chi connectivity index (χ4n) is 1.60. The van der Waals surface area contributed by atoms with Gasteiger partial charge in [0.25, 0.3) is 0 Å². The summed E-state index contributed by atoms with van der Waals surface area (Å²) < 4.78 is 19.6. The summed E-state index contributed by atoms with van der Waals surface area (Å²) in [6, 6.07) is 6.08. The SMILES string of the molecule is COc1cccc(C(O)c2cc(Cl)sc2Cl)c1F. The molecule has 96 valence electrons. The lowest BCUT2D eigenvalue weighted by atomic mass is 10.0. The predicted octanol–water partition coefficient (Wildman–Crippen LogP) is 4.28. The molecule has 0 saturated carbocycles. The van der Waals surface area contributed by atoms with Crippen LogP contribution in [-0.2, 0) is 0 Å². The van der Waals surface area contributed by atoms with Gasteiger partial charge >= 0.3 is 0 Å². The molecule has 1 unspecified atom stereocenters. The summed E-state index contributed by atoms with van der Waals surface area (Å²) in [4.78, 5) is 0. The van der Waals surface area contributed by atoms with Crippen LogP contribution >= 0.6 is 34.5 Å². The van der Waals surface area contributed by atoms with Crippen molar-refractivity contribution < 1.29 is 14.2 Å². The number of methoxy groups -OCH3 is 1. The van der Waals surface area contributed by atoms with E-state index < -0.39 is 11.9 Å². The summed E-state index contributed by atoms with van der Waals surface area (Å²) in [7, 11) is 1.36. The van der Waals surface area contributed by atoms with Gasteiger partial charge in [0.2, 0.25) is 0 Å². The van der Waals surface area contributed by atoms with Crippen LogP contribution in [0.3, 0.4) is 0 Å². The smallest absolute Gasteiger partial charge is 0.171 e. The van der Waals surface area contributed by atoms with Crippen LogP contribution in [0.25, 0.3) is 0 Å². The van der Waals surface area contributed by atoms with E-state index in [0.717, 1.165) is 11.3 Å². The molecule has 0 aliphatic rings. The van der Waals surface area contributed by atoms with Gasteiger partial charge in [0, 0.05) is 11.1 Å². The maximum absolute atomic E-state index is 14.0. The molecule has 1 heterocycles. The van der Waals surface area contributed by atoms with Gasteiger partial charge in [-0.25, -0.2) is 4.39 Å². The summed E-state index contributed by atoms with van der Waals surface area (Å²) >= 11 is 12.9. The highest BCUT2D eigenvalue weighted by Crippen LogP contribution is 2.38. The number of aliphatic hydroxyl groups is 1. The second-order valence-electron chi connectivity index (χ2n) is 3.55. The van der Waals surface area contributed by atoms with Crippen molar-refractivity contribution in [2.45, 2.75) is 6.10 Å². The molecule has 0 spiro atoms. The van der Waals surface area contributed by atoms with Crippen LogP contribution in [0.5, 0.6) is 5.75 Å². The molecule has 0 radical (unpaired) electrons. The molecule has 1 atom stereocenters. The van der Waals surface area contributed by atoms with E-state index in [1.165, 1.54) is 25.3 Å². The second kappa shape index (κ2) is 5.45. The molecule has 1 aromatic heterocycles. The van der Waals surface area contributed by atoms with Crippen LogP contribution in [0.4, 0.5) is 4.39 Å². The van der Waals surface area contributed by atoms with E-state index in [-0.39, 0.29) is 11.3 Å². The molecule has 0 saturated heterocycles. The largest absolute Gasteiger partial charge is 0.494 e. The van der Waals surface area contributed by atoms with Crippen LogP contribution in [-0.4, -0.2) is 12.2 Å². The maximum Gasteiger partial charge on any atom is 0.171 e. The highest BCUT2D eigenvalue weighted by Gasteiger charge is 2.21. The van der Waals surface area contributed by atoms with Gasteiger partial charge < -0.3 is 9.84 Å². The Kier molecular flexibility index (Phi) is 4.12. The minimum Gasteiger partial charge on any atom is -0.494 e. The molecule has 0 amide bonds. The Morgan fingerprint density at radius 3 is 2.61 bits per heavy atom. The summed E-state index contributed by atoms with van der Waals surface area (Å²) in [6.07, 6.45) is -1.17. The molecule has 0 aliphatic heterocycles. The molecule has 1 N–H and O–H groups in total. The summed E-state index contributed by atoms with van der Waals surface area (Å²) in [5.74, 6) is -0.533. The summed E-state index contributed by atoms with van der Waals surface area (Å²) in [5.41, 5.74) is 0.490. The zero-order valence-corrected chi connectivity index (χ0v) is 11.6. The Morgan fingerprint density at radius 2 is 2.06 bits per heavy atom. The molecular formula is C12H9Cl2FO2S. The van der Waals surface area contributed by atoms with Crippen LogP contribution < -0.4 is 4.74 Å². The van der Waals surface area contributed by atoms with E-state index in [1.54, 1.807) is 6.07 Å². The van der Waals surface area contributed by atoms with Gasteiger partial charge in [-0.1, -0.05) is 35.3 Å². The second-order valence-corrected chi connectivity index (χ2v) is 5.83. The molecule has 1 aromatic carbocycles. The van der Waals surface area contributed by atoms with Gasteiger partial charge in [0.05, 0.1) is 11.4 Å². The third-order valence-corrected chi connectivity index (χ3v) is 4.00. The molecule has 18 heavy (non-hydrogen) atoms. The van der Waals surface area contributed by atoms with Gasteiger partial charge in [-0.2, -0.15) is 0 Å². The quantitative estimate of drug-likeness (QED) is 0.917. The standard InChI is InChI=1S/C12H9Cl2FO2S/c1-17-8-4-2-3-6(10(8)15)11(16)7-5-9(13)18-12(7)14/h2-5,11,16H,1H3. The number of thiophene rings is 1. The van der Waals surface area contributed by atoms with Crippen LogP contribution in [0.15, 0.2) is 24.3 Å². The number of benzene rings is 1. The first-order chi connectivity index (χ1) is 8.54. The monoisotopic (exact) mass is 306 g/mol. The first-order valence-corrected chi connectivity index (χ1v) is 6.57. The summed E-state index contributed by atoms with van der Waals surface area (Å²) in [6.45, 7) is 0. The zero-order chi connectivity index (χ0) is 13.3. The Bertz CT molecular complexity index is 571. The van der Waals surface area contributed by atoms with Crippen molar-refractivity contribution in [2.24, 2.45) is 0 Å². The van der Waals surface area contributed by atoms with Gasteiger partial charge in [0.15, 0.2) is 11.6 Å². The van der Waals surface area contributed by atoms with Crippen molar-refractivity contribution in [3.05, 3.63) is 49.9 Å². The first-order valence-electron chi connectivity index (χ1n) is 4.99. The molecule has 2 rings (SSSR count). The highest BCUT2D eigenvalue weighted by molar-refractivity contribution is 7.20. The van der Waals surface area contributed by atoms with Crippen LogP contribution in [0.2, 0.25) is 8.67 Å². The lowest BCUT2D eigenvalue weighted by Gasteiger charge is -2.13. The van der Waals surface area contributed by atoms with Crippen molar-refractivity contribution in [2.75, 3.05) is 7.11 Å². The molecule has 2 nitrogen and oxygen atoms in total. The van der Waals surface area contributed by atoms with Gasteiger partial charge in [-0.15, -0.1) is 11.3 Å². The molecule has 6 heteroatoms. The lowest BCUT2D eigenvalue weighted by molar-refractivity contribution is 0.214. The van der Waals surface area contributed by atoms with E-state index in [9.17, 15) is 9.50 Å². The maximum atomic E-state index is 14.0. The Balaban J connectivity index is 2.46. The van der Waals surface area contributed by atoms with E-state index in [0.29, 0.717) is 14.2 Å². The number of ether oxygens (including phenoxy) is 1. The fourth-order valence-corrected chi connectivity index (χ4v) is 3.12. The highest BCUT2D eigenvalue weighted by atomic mass is 35.5. The van der Waals surface area contributed by atoms with E-state index >= 15 is 0 Å². The van der Waals surface area contributed by atoms with Crippen molar-refractivity contribution in [1.29, 1.82) is 0 Å². The predicted molar refractivity (Wildman–Crippen MR) is 71.4 cm³/mol. The van der Waals surface area contributed by atoms with Crippen LogP contribution in [0.1, 0.15) is 17.2 Å². The van der Waals surface area contributed by atoms with Gasteiger partial charge in [-0.05, 0) is 12.1 Å². The Hall–Kier alpha value is -0.810. The number of rotatable bonds is 3. The third-order valence-electron chi connectivity index (χ3n) is 2.49. The van der Waals surface area contributed by atoms with Crippen LogP contribution in [0, 0.1) is 5.82 Å². The summed E-state index contributed by atoms with van der Waals surface area (Å²) in [5, 5.41) is 10.2. The normalized spacial score (nSPS) is 12.5. The molecular weight excluding hydrogens is 298 g/mol. The average Bonchev–Trinajstić information content (AvgIpc) is 2.68. The topological polar surface area (TPSA) is 29.5 Å². The minimum atomic E-state index is -1.17. The van der Waals surface area contributed by atoms with E-state index in [2.05, 4.69) is 0 Å². The van der Waals surface area contributed by atoms with Gasteiger partial charge in [-0.3, -0.25) is 0 Å². The Labute approximate surface area is 118 Å². The molecule has 0 aliphatic carbocycles. The zero-order valence-electron chi connectivity index (χ0n) is 9.28.